The first kappa shape index (κ1) is 20.4. The van der Waals surface area contributed by atoms with Gasteiger partial charge >= 0.3 is 29.6 Å². The van der Waals surface area contributed by atoms with Gasteiger partial charge in [-0.2, -0.15) is 15.0 Å². The van der Waals surface area contributed by atoms with E-state index in [1.165, 1.54) is 5.75 Å². The molecule has 1 aromatic heterocycles. The van der Waals surface area contributed by atoms with Gasteiger partial charge in [-0.1, -0.05) is 51.4 Å². The third kappa shape index (κ3) is 7.27. The molecule has 1 aliphatic rings. The van der Waals surface area contributed by atoms with Crippen LogP contribution in [-0.4, -0.2) is 50.3 Å². The first-order valence-corrected chi connectivity index (χ1v) is 9.18. The van der Waals surface area contributed by atoms with Crippen molar-refractivity contribution in [3.8, 4) is 0 Å². The van der Waals surface area contributed by atoms with Crippen LogP contribution in [-0.2, 0) is 0 Å². The molecule has 112 valence electrons. The van der Waals surface area contributed by atoms with Crippen LogP contribution in [0.3, 0.4) is 0 Å². The molecule has 0 saturated heterocycles. The number of nitrogens with zero attached hydrogens (tertiary/aromatic N) is 3. The van der Waals surface area contributed by atoms with Gasteiger partial charge in [0.2, 0.25) is 16.5 Å². The molecular formula is C12H10Cl3N4NaS2. The number of para-hydroxylation sites is 1. The van der Waals surface area contributed by atoms with Crippen molar-refractivity contribution < 1.29 is 0 Å². The molecule has 4 nitrogen and oxygen atoms in total. The monoisotopic (exact) mass is 402 g/mol. The Morgan fingerprint density at radius 1 is 1.00 bits per heavy atom. The molecule has 0 unspecified atom stereocenters. The van der Waals surface area contributed by atoms with Crippen LogP contribution >= 0.6 is 56.4 Å². The average molecular weight is 404 g/mol. The Balaban J connectivity index is 0.000000344. The fourth-order valence-corrected chi connectivity index (χ4v) is 3.38. The molecule has 10 heteroatoms. The van der Waals surface area contributed by atoms with Crippen LogP contribution < -0.4 is 5.32 Å². The van der Waals surface area contributed by atoms with Gasteiger partial charge in [-0.05, 0) is 40.7 Å². The molecule has 0 radical (unpaired) electrons. The Morgan fingerprint density at radius 2 is 1.68 bits per heavy atom. The summed E-state index contributed by atoms with van der Waals surface area (Å²) < 4.78 is 0. The summed E-state index contributed by atoms with van der Waals surface area (Å²) in [5.41, 5.74) is 0.669. The predicted molar refractivity (Wildman–Crippen MR) is 101 cm³/mol. The van der Waals surface area contributed by atoms with E-state index in [1.807, 2.05) is 33.7 Å². The molecule has 0 amide bonds. The Morgan fingerprint density at radius 3 is 2.18 bits per heavy atom. The van der Waals surface area contributed by atoms with Crippen LogP contribution in [0.2, 0.25) is 15.6 Å². The zero-order chi connectivity index (χ0) is 15.1. The molecular weight excluding hydrogens is 394 g/mol. The number of benzene rings is 1. The van der Waals surface area contributed by atoms with Gasteiger partial charge in [0.15, 0.2) is 0 Å². The van der Waals surface area contributed by atoms with E-state index < -0.39 is 0 Å². The summed E-state index contributed by atoms with van der Waals surface area (Å²) in [7, 11) is 3.69. The molecule has 2 aromatic rings. The molecule has 1 N–H and O–H groups in total. The minimum absolute atomic E-state index is 0. The zero-order valence-corrected chi connectivity index (χ0v) is 14.4. The summed E-state index contributed by atoms with van der Waals surface area (Å²) in [6.07, 6.45) is 2.16. The molecule has 2 heterocycles. The summed E-state index contributed by atoms with van der Waals surface area (Å²) in [5.74, 6) is 1.45. The standard InChI is InChI=1S/C9H5Cl3N4.C3H4S2.Na.H/c10-5-3-1-2-4-6(5)13-9-15-7(11)14-8(12)16-9;1-2-4-5-3-1;;/h1-4H,(H,13,14,15,16);1-2H,3H2;;. The van der Waals surface area contributed by atoms with Gasteiger partial charge < -0.3 is 5.32 Å². The van der Waals surface area contributed by atoms with Crippen molar-refractivity contribution in [2.45, 2.75) is 0 Å². The molecule has 1 aliphatic heterocycles. The molecule has 0 saturated carbocycles. The summed E-state index contributed by atoms with van der Waals surface area (Å²) in [6, 6.07) is 7.18. The first-order valence-electron chi connectivity index (χ1n) is 5.67. The quantitative estimate of drug-likeness (QED) is 0.573. The molecule has 0 bridgehead atoms. The average Bonchev–Trinajstić information content (AvgIpc) is 2.99. The number of hydrogen-bond acceptors (Lipinski definition) is 6. The summed E-state index contributed by atoms with van der Waals surface area (Å²) in [5, 5.41) is 5.60. The molecule has 1 aromatic carbocycles. The van der Waals surface area contributed by atoms with Crippen molar-refractivity contribution in [3.05, 3.63) is 51.3 Å². The van der Waals surface area contributed by atoms with E-state index >= 15 is 0 Å². The number of rotatable bonds is 2. The SMILES string of the molecule is C1=CSSC1.Clc1nc(Cl)nc(Nc2ccccc2Cl)n1.[NaH]. The number of aromatic nitrogens is 3. The number of hydrogen-bond donors (Lipinski definition) is 1. The van der Waals surface area contributed by atoms with Crippen LogP contribution in [0.4, 0.5) is 11.6 Å². The van der Waals surface area contributed by atoms with Gasteiger partial charge in [-0.15, -0.1) is 0 Å². The van der Waals surface area contributed by atoms with E-state index in [4.69, 9.17) is 34.8 Å². The maximum absolute atomic E-state index is 5.95. The fraction of sp³-hybridized carbons (Fsp3) is 0.0833. The summed E-state index contributed by atoms with van der Waals surface area (Å²) >= 11 is 17.2. The van der Waals surface area contributed by atoms with Crippen molar-refractivity contribution in [3.63, 3.8) is 0 Å². The molecule has 0 fully saturated rings. The Kier molecular flexibility index (Phi) is 10.2. The number of anilines is 2. The van der Waals surface area contributed by atoms with Gasteiger partial charge in [0.05, 0.1) is 10.7 Å². The van der Waals surface area contributed by atoms with E-state index in [0.29, 0.717) is 10.7 Å². The third-order valence-electron chi connectivity index (χ3n) is 2.09. The van der Waals surface area contributed by atoms with Crippen LogP contribution in [0.15, 0.2) is 35.7 Å². The Bertz CT molecular complexity index is 619. The second kappa shape index (κ2) is 11.0. The molecule has 3 rings (SSSR count). The molecule has 0 spiro atoms. The number of nitrogens with one attached hydrogen (secondary N) is 1. The van der Waals surface area contributed by atoms with Crippen molar-refractivity contribution in [1.29, 1.82) is 0 Å². The van der Waals surface area contributed by atoms with Crippen LogP contribution in [0.25, 0.3) is 0 Å². The van der Waals surface area contributed by atoms with Gasteiger partial charge in [0, 0.05) is 5.75 Å². The van der Waals surface area contributed by atoms with E-state index in [2.05, 4.69) is 31.8 Å². The van der Waals surface area contributed by atoms with Gasteiger partial charge in [-0.3, -0.25) is 0 Å². The second-order valence-electron chi connectivity index (χ2n) is 3.55. The van der Waals surface area contributed by atoms with Crippen molar-refractivity contribution in [2.75, 3.05) is 11.1 Å². The molecule has 22 heavy (non-hydrogen) atoms. The molecule has 0 atom stereocenters. The predicted octanol–water partition coefficient (Wildman–Crippen LogP) is 4.82. The van der Waals surface area contributed by atoms with Crippen LogP contribution in [0.1, 0.15) is 0 Å². The van der Waals surface area contributed by atoms with Crippen molar-refractivity contribution in [2.24, 2.45) is 0 Å². The van der Waals surface area contributed by atoms with Crippen molar-refractivity contribution >= 4 is 97.6 Å². The zero-order valence-electron chi connectivity index (χ0n) is 10.5. The van der Waals surface area contributed by atoms with E-state index in [1.54, 1.807) is 12.1 Å². The minimum atomic E-state index is 0. The van der Waals surface area contributed by atoms with Crippen LogP contribution in [0, 0.1) is 0 Å². The van der Waals surface area contributed by atoms with E-state index in [9.17, 15) is 0 Å². The summed E-state index contributed by atoms with van der Waals surface area (Å²) in [4.78, 5) is 11.4. The topological polar surface area (TPSA) is 50.7 Å². The number of halogens is 3. The third-order valence-corrected chi connectivity index (χ3v) is 4.67. The van der Waals surface area contributed by atoms with Gasteiger partial charge in [0.1, 0.15) is 0 Å². The van der Waals surface area contributed by atoms with E-state index in [0.717, 1.165) is 0 Å². The second-order valence-corrected chi connectivity index (χ2v) is 6.96. The van der Waals surface area contributed by atoms with Gasteiger partial charge in [-0.25, -0.2) is 0 Å². The van der Waals surface area contributed by atoms with Gasteiger partial charge in [0.25, 0.3) is 0 Å². The fourth-order valence-electron chi connectivity index (χ4n) is 1.26. The molecule has 0 aliphatic carbocycles. The Labute approximate surface area is 173 Å². The summed E-state index contributed by atoms with van der Waals surface area (Å²) in [6.45, 7) is 0. The van der Waals surface area contributed by atoms with Crippen molar-refractivity contribution in [1.82, 2.24) is 15.0 Å². The normalized spacial score (nSPS) is 12.1. The van der Waals surface area contributed by atoms with Crippen LogP contribution in [0.5, 0.6) is 0 Å². The first-order chi connectivity index (χ1) is 10.1. The van der Waals surface area contributed by atoms with E-state index in [-0.39, 0.29) is 46.1 Å². The Hall–Kier alpha value is 0.340. The maximum atomic E-state index is 5.95.